The molecule has 0 aromatic carbocycles. The highest BCUT2D eigenvalue weighted by Crippen LogP contribution is 2.53. The first-order valence-corrected chi connectivity index (χ1v) is 10.5. The average molecular weight is 389 g/mol. The zero-order valence-electron chi connectivity index (χ0n) is 17.6. The lowest BCUT2D eigenvalue weighted by Gasteiger charge is -2.25. The summed E-state index contributed by atoms with van der Waals surface area (Å²) in [5.41, 5.74) is 0.707. The second-order valence-electron chi connectivity index (χ2n) is 9.30. The number of amides is 2. The molecular formula is C23H36N2O3. The number of rotatable bonds is 7. The van der Waals surface area contributed by atoms with Crippen LogP contribution in [0.5, 0.6) is 0 Å². The number of nitrogens with one attached hydrogen (secondary N) is 1. The van der Waals surface area contributed by atoms with E-state index in [-0.39, 0.29) is 19.3 Å². The SMILES string of the molecule is C=C/C(=C\C=C/C)[C@H]1C[C@@H]1C(=O)NCCC1[C@H]2CN(C(=O)OC(C)(C)C)C[C@@H]12.[HH]. The zero-order chi connectivity index (χ0) is 20.5. The Morgan fingerprint density at radius 3 is 2.50 bits per heavy atom. The van der Waals surface area contributed by atoms with E-state index < -0.39 is 5.60 Å². The summed E-state index contributed by atoms with van der Waals surface area (Å²) in [6, 6.07) is 0. The Balaban J connectivity index is 0.00000300. The van der Waals surface area contributed by atoms with Gasteiger partial charge in [0.05, 0.1) is 0 Å². The van der Waals surface area contributed by atoms with E-state index in [4.69, 9.17) is 4.74 Å². The number of carbonyl (C=O) groups excluding carboxylic acids is 2. The largest absolute Gasteiger partial charge is 0.444 e. The molecule has 3 fully saturated rings. The zero-order valence-corrected chi connectivity index (χ0v) is 17.6. The molecule has 0 aromatic rings. The number of likely N-dealkylation sites (tertiary alicyclic amines) is 1. The molecular weight excluding hydrogens is 352 g/mol. The summed E-state index contributed by atoms with van der Waals surface area (Å²) >= 11 is 0. The Bertz CT molecular complexity index is 683. The maximum Gasteiger partial charge on any atom is 0.410 e. The average Bonchev–Trinajstić information content (AvgIpc) is 3.49. The molecule has 5 atom stereocenters. The molecule has 0 bridgehead atoms. The quantitative estimate of drug-likeness (QED) is 0.666. The van der Waals surface area contributed by atoms with Crippen molar-refractivity contribution in [1.29, 1.82) is 0 Å². The van der Waals surface area contributed by atoms with Crippen molar-refractivity contribution < 1.29 is 15.8 Å². The van der Waals surface area contributed by atoms with E-state index in [1.165, 1.54) is 0 Å². The Labute approximate surface area is 170 Å². The molecule has 1 unspecified atom stereocenters. The minimum atomic E-state index is -0.443. The van der Waals surface area contributed by atoms with E-state index in [1.807, 2.05) is 56.9 Å². The van der Waals surface area contributed by atoms with Crippen molar-refractivity contribution in [2.45, 2.75) is 46.1 Å². The van der Waals surface area contributed by atoms with Crippen LogP contribution in [0.25, 0.3) is 0 Å². The molecule has 5 nitrogen and oxygen atoms in total. The highest BCUT2D eigenvalue weighted by Gasteiger charge is 2.56. The Hall–Kier alpha value is -2.04. The van der Waals surface area contributed by atoms with Crippen molar-refractivity contribution in [3.05, 3.63) is 36.5 Å². The number of hydrogen-bond donors (Lipinski definition) is 1. The fourth-order valence-electron chi connectivity index (χ4n) is 4.45. The van der Waals surface area contributed by atoms with Crippen molar-refractivity contribution in [3.8, 4) is 0 Å². The molecule has 5 heteroatoms. The summed E-state index contributed by atoms with van der Waals surface area (Å²) in [4.78, 5) is 26.3. The molecule has 0 radical (unpaired) electrons. The van der Waals surface area contributed by atoms with Crippen molar-refractivity contribution in [3.63, 3.8) is 0 Å². The molecule has 0 spiro atoms. The third kappa shape index (κ3) is 4.86. The smallest absolute Gasteiger partial charge is 0.410 e. The van der Waals surface area contributed by atoms with Crippen LogP contribution >= 0.6 is 0 Å². The highest BCUT2D eigenvalue weighted by molar-refractivity contribution is 5.82. The van der Waals surface area contributed by atoms with Gasteiger partial charge in [-0.2, -0.15) is 0 Å². The number of carbonyl (C=O) groups is 2. The molecule has 3 aliphatic rings. The minimum Gasteiger partial charge on any atom is -0.444 e. The summed E-state index contributed by atoms with van der Waals surface area (Å²) in [6.45, 7) is 13.8. The van der Waals surface area contributed by atoms with E-state index in [1.54, 1.807) is 0 Å². The van der Waals surface area contributed by atoms with Crippen molar-refractivity contribution >= 4 is 12.0 Å². The van der Waals surface area contributed by atoms with Crippen LogP contribution in [0.3, 0.4) is 0 Å². The molecule has 0 aromatic heterocycles. The lowest BCUT2D eigenvalue weighted by atomic mass is 10.1. The lowest BCUT2D eigenvalue weighted by Crippen LogP contribution is -2.37. The normalized spacial score (nSPS) is 31.5. The van der Waals surface area contributed by atoms with Gasteiger partial charge in [0.2, 0.25) is 5.91 Å². The van der Waals surface area contributed by atoms with E-state index >= 15 is 0 Å². The van der Waals surface area contributed by atoms with Gasteiger partial charge in [-0.05, 0) is 69.8 Å². The van der Waals surface area contributed by atoms with Gasteiger partial charge in [0.15, 0.2) is 0 Å². The minimum absolute atomic E-state index is 0. The van der Waals surface area contributed by atoms with Crippen LogP contribution in [0.15, 0.2) is 36.5 Å². The molecule has 28 heavy (non-hydrogen) atoms. The number of allylic oxidation sites excluding steroid dienone is 5. The van der Waals surface area contributed by atoms with Gasteiger partial charge in [-0.15, -0.1) is 0 Å². The van der Waals surface area contributed by atoms with Gasteiger partial charge in [0, 0.05) is 27.0 Å². The number of piperidine rings is 1. The van der Waals surface area contributed by atoms with Gasteiger partial charge in [0.25, 0.3) is 0 Å². The highest BCUT2D eigenvalue weighted by atomic mass is 16.6. The van der Waals surface area contributed by atoms with Gasteiger partial charge in [-0.25, -0.2) is 4.79 Å². The summed E-state index contributed by atoms with van der Waals surface area (Å²) < 4.78 is 5.45. The van der Waals surface area contributed by atoms with Crippen molar-refractivity contribution in [2.24, 2.45) is 29.6 Å². The summed E-state index contributed by atoms with van der Waals surface area (Å²) in [6.07, 6.45) is 9.61. The third-order valence-corrected chi connectivity index (χ3v) is 6.07. The van der Waals surface area contributed by atoms with E-state index in [9.17, 15) is 9.59 Å². The maximum absolute atomic E-state index is 12.4. The van der Waals surface area contributed by atoms with Crippen molar-refractivity contribution in [1.82, 2.24) is 10.2 Å². The molecule has 2 amide bonds. The number of fused-ring (bicyclic) bond motifs is 1. The molecule has 1 aliphatic heterocycles. The van der Waals surface area contributed by atoms with Crippen LogP contribution in [-0.4, -0.2) is 42.1 Å². The predicted octanol–water partition coefficient (Wildman–Crippen LogP) is 4.18. The topological polar surface area (TPSA) is 58.6 Å². The molecule has 1 heterocycles. The standard InChI is InChI=1S/C23H34N2O3.H2/c1-6-8-9-15(7-2)17-12-18(17)21(26)24-11-10-16-19-13-25(14-20(16)19)22(27)28-23(3,4)5;/h6-9,16-20H,2,10-14H2,1,3-5H3,(H,24,26);1H/b8-6-,15-9+;/t16?,17-,18+,19-,20+;/m1./s1. The van der Waals surface area contributed by atoms with Gasteiger partial charge in [0.1, 0.15) is 5.60 Å². The second-order valence-corrected chi connectivity index (χ2v) is 9.30. The van der Waals surface area contributed by atoms with Crippen LogP contribution in [0.1, 0.15) is 42.0 Å². The summed E-state index contributed by atoms with van der Waals surface area (Å²) in [5.74, 6) is 2.36. The van der Waals surface area contributed by atoms with Crippen LogP contribution in [0.4, 0.5) is 4.79 Å². The lowest BCUT2D eigenvalue weighted by molar-refractivity contribution is -0.122. The van der Waals surface area contributed by atoms with Crippen LogP contribution in [-0.2, 0) is 9.53 Å². The molecule has 1 saturated heterocycles. The van der Waals surface area contributed by atoms with Gasteiger partial charge >= 0.3 is 6.09 Å². The van der Waals surface area contributed by atoms with Gasteiger partial charge < -0.3 is 15.0 Å². The first-order chi connectivity index (χ1) is 13.2. The molecule has 2 aliphatic carbocycles. The van der Waals surface area contributed by atoms with E-state index in [0.29, 0.717) is 23.7 Å². The van der Waals surface area contributed by atoms with Crippen LogP contribution < -0.4 is 5.32 Å². The maximum atomic E-state index is 12.4. The molecule has 2 saturated carbocycles. The number of nitrogens with zero attached hydrogens (tertiary/aromatic N) is 1. The Morgan fingerprint density at radius 2 is 1.93 bits per heavy atom. The first kappa shape index (κ1) is 20.7. The molecule has 156 valence electrons. The van der Waals surface area contributed by atoms with E-state index in [2.05, 4.69) is 11.9 Å². The first-order valence-electron chi connectivity index (χ1n) is 10.5. The third-order valence-electron chi connectivity index (χ3n) is 6.07. The second kappa shape index (κ2) is 8.14. The number of ether oxygens (including phenoxy) is 1. The summed E-state index contributed by atoms with van der Waals surface area (Å²) in [7, 11) is 0. The van der Waals surface area contributed by atoms with Gasteiger partial charge in [-0.1, -0.05) is 30.9 Å². The monoisotopic (exact) mass is 388 g/mol. The fourth-order valence-corrected chi connectivity index (χ4v) is 4.45. The number of hydrogen-bond acceptors (Lipinski definition) is 3. The molecule has 3 rings (SSSR count). The Kier molecular flexibility index (Phi) is 6.01. The van der Waals surface area contributed by atoms with Crippen molar-refractivity contribution in [2.75, 3.05) is 19.6 Å². The fraction of sp³-hybridized carbons (Fsp3) is 0.652. The van der Waals surface area contributed by atoms with Gasteiger partial charge in [-0.3, -0.25) is 4.79 Å². The summed E-state index contributed by atoms with van der Waals surface area (Å²) in [5, 5.41) is 3.11. The predicted molar refractivity (Wildman–Crippen MR) is 113 cm³/mol. The Morgan fingerprint density at radius 1 is 1.25 bits per heavy atom. The van der Waals surface area contributed by atoms with E-state index in [0.717, 1.165) is 38.0 Å². The molecule has 1 N–H and O–H groups in total. The van der Waals surface area contributed by atoms with Crippen LogP contribution in [0, 0.1) is 29.6 Å². The van der Waals surface area contributed by atoms with Crippen LogP contribution in [0.2, 0.25) is 0 Å².